The van der Waals surface area contributed by atoms with Gasteiger partial charge in [0.2, 0.25) is 0 Å². The third-order valence-electron chi connectivity index (χ3n) is 2.35. The Morgan fingerprint density at radius 1 is 1.40 bits per heavy atom. The molecule has 0 unspecified atom stereocenters. The number of para-hydroxylation sites is 1. The summed E-state index contributed by atoms with van der Waals surface area (Å²) in [5, 5.41) is 0.850. The van der Waals surface area contributed by atoms with E-state index in [1.165, 1.54) is 0 Å². The van der Waals surface area contributed by atoms with E-state index in [0.717, 1.165) is 10.9 Å². The number of nitrogen functional groups attached to an aromatic ring is 1. The van der Waals surface area contributed by atoms with Gasteiger partial charge in [-0.05, 0) is 18.6 Å². The number of nitrogens with two attached hydrogens (primary N) is 1. The molecule has 1 aromatic carbocycles. The molecule has 3 heteroatoms. The van der Waals surface area contributed by atoms with Crippen molar-refractivity contribution in [1.29, 1.82) is 0 Å². The number of ketones is 1. The highest BCUT2D eigenvalue weighted by Crippen LogP contribution is 2.25. The van der Waals surface area contributed by atoms with E-state index in [2.05, 4.69) is 11.6 Å². The summed E-state index contributed by atoms with van der Waals surface area (Å²) in [6.45, 7) is 5.32. The predicted molar refractivity (Wildman–Crippen MR) is 61.9 cm³/mol. The fraction of sp³-hybridized carbons (Fsp3) is 0.0833. The Hall–Kier alpha value is -2.03. The number of fused-ring (bicyclic) bond motifs is 1. The number of nitrogens with one attached hydrogen (secondary N) is 1. The zero-order chi connectivity index (χ0) is 11.0. The number of aromatic nitrogens is 1. The minimum absolute atomic E-state index is 0.107. The smallest absolute Gasteiger partial charge is 0.192 e. The van der Waals surface area contributed by atoms with Crippen LogP contribution >= 0.6 is 0 Å². The van der Waals surface area contributed by atoms with Crippen LogP contribution in [0.25, 0.3) is 10.9 Å². The van der Waals surface area contributed by atoms with Crippen LogP contribution < -0.4 is 5.73 Å². The fourth-order valence-electron chi connectivity index (χ4n) is 1.62. The highest BCUT2D eigenvalue weighted by atomic mass is 16.1. The van der Waals surface area contributed by atoms with Crippen LogP contribution in [0.2, 0.25) is 0 Å². The highest BCUT2D eigenvalue weighted by molar-refractivity contribution is 6.19. The molecule has 0 atom stereocenters. The molecule has 15 heavy (non-hydrogen) atoms. The van der Waals surface area contributed by atoms with E-state index >= 15 is 0 Å². The number of carbonyl (C=O) groups excluding carboxylic acids is 1. The molecular formula is C12H12N2O. The molecule has 3 N–H and O–H groups in total. The number of benzene rings is 1. The molecule has 0 aliphatic rings. The molecule has 0 saturated carbocycles. The summed E-state index contributed by atoms with van der Waals surface area (Å²) in [5.41, 5.74) is 7.67. The van der Waals surface area contributed by atoms with Gasteiger partial charge < -0.3 is 10.7 Å². The standard InChI is InChI=1S/C12H12N2O/c1-7(2)11(15)10-8-5-3-4-6-9(8)14-12(10)13/h3-6,14H,1,13H2,2H3. The summed E-state index contributed by atoms with van der Waals surface area (Å²) in [6.07, 6.45) is 0. The number of Topliss-reactive ketones (excluding diaryl/α,β-unsaturated/α-hetero) is 1. The minimum Gasteiger partial charge on any atom is -0.385 e. The van der Waals surface area contributed by atoms with E-state index < -0.39 is 0 Å². The summed E-state index contributed by atoms with van der Waals surface area (Å²) in [7, 11) is 0. The van der Waals surface area contributed by atoms with Crippen LogP contribution in [-0.2, 0) is 0 Å². The van der Waals surface area contributed by atoms with Gasteiger partial charge in [-0.3, -0.25) is 4.79 Å². The van der Waals surface area contributed by atoms with Gasteiger partial charge in [0.15, 0.2) is 5.78 Å². The zero-order valence-electron chi connectivity index (χ0n) is 8.50. The van der Waals surface area contributed by atoms with Crippen molar-refractivity contribution in [1.82, 2.24) is 4.98 Å². The Morgan fingerprint density at radius 2 is 2.07 bits per heavy atom. The van der Waals surface area contributed by atoms with Crippen molar-refractivity contribution >= 4 is 22.5 Å². The Morgan fingerprint density at radius 3 is 2.73 bits per heavy atom. The van der Waals surface area contributed by atoms with Gasteiger partial charge in [-0.25, -0.2) is 0 Å². The topological polar surface area (TPSA) is 58.9 Å². The Bertz CT molecular complexity index is 552. The Labute approximate surface area is 87.6 Å². The maximum Gasteiger partial charge on any atom is 0.192 e. The monoisotopic (exact) mass is 200 g/mol. The van der Waals surface area contributed by atoms with Crippen molar-refractivity contribution < 1.29 is 4.79 Å². The molecule has 0 amide bonds. The van der Waals surface area contributed by atoms with Crippen molar-refractivity contribution in [2.75, 3.05) is 5.73 Å². The van der Waals surface area contributed by atoms with Crippen LogP contribution in [0.4, 0.5) is 5.82 Å². The summed E-state index contributed by atoms with van der Waals surface area (Å²) in [6, 6.07) is 7.54. The van der Waals surface area contributed by atoms with E-state index in [-0.39, 0.29) is 5.78 Å². The molecule has 1 heterocycles. The molecule has 0 aliphatic carbocycles. The molecule has 0 saturated heterocycles. The second-order valence-electron chi connectivity index (χ2n) is 3.57. The van der Waals surface area contributed by atoms with E-state index in [1.807, 2.05) is 24.3 Å². The van der Waals surface area contributed by atoms with Gasteiger partial charge in [0.25, 0.3) is 0 Å². The van der Waals surface area contributed by atoms with Gasteiger partial charge in [0, 0.05) is 10.9 Å². The number of allylic oxidation sites excluding steroid dienone is 1. The first-order chi connectivity index (χ1) is 7.11. The van der Waals surface area contributed by atoms with Crippen LogP contribution in [0, 0.1) is 0 Å². The van der Waals surface area contributed by atoms with E-state index in [0.29, 0.717) is 17.0 Å². The summed E-state index contributed by atoms with van der Waals surface area (Å²) in [5.74, 6) is 0.300. The van der Waals surface area contributed by atoms with E-state index in [4.69, 9.17) is 5.73 Å². The third-order valence-corrected chi connectivity index (χ3v) is 2.35. The van der Waals surface area contributed by atoms with Crippen molar-refractivity contribution in [3.63, 3.8) is 0 Å². The van der Waals surface area contributed by atoms with Gasteiger partial charge in [0.1, 0.15) is 5.82 Å². The molecule has 0 radical (unpaired) electrons. The molecule has 0 aliphatic heterocycles. The van der Waals surface area contributed by atoms with Crippen LogP contribution in [-0.4, -0.2) is 10.8 Å². The fourth-order valence-corrected chi connectivity index (χ4v) is 1.62. The minimum atomic E-state index is -0.107. The first-order valence-corrected chi connectivity index (χ1v) is 4.67. The summed E-state index contributed by atoms with van der Waals surface area (Å²) in [4.78, 5) is 14.8. The number of H-pyrrole nitrogens is 1. The lowest BCUT2D eigenvalue weighted by atomic mass is 10.0. The predicted octanol–water partition coefficient (Wildman–Crippen LogP) is 2.51. The highest BCUT2D eigenvalue weighted by Gasteiger charge is 2.16. The largest absolute Gasteiger partial charge is 0.385 e. The van der Waals surface area contributed by atoms with Crippen molar-refractivity contribution in [2.45, 2.75) is 6.92 Å². The third kappa shape index (κ3) is 1.42. The first-order valence-electron chi connectivity index (χ1n) is 4.67. The van der Waals surface area contributed by atoms with E-state index in [1.54, 1.807) is 6.92 Å². The maximum atomic E-state index is 11.8. The van der Waals surface area contributed by atoms with Crippen LogP contribution in [0.5, 0.6) is 0 Å². The Balaban J connectivity index is 2.74. The van der Waals surface area contributed by atoms with Gasteiger partial charge >= 0.3 is 0 Å². The number of anilines is 1. The van der Waals surface area contributed by atoms with Crippen molar-refractivity contribution in [2.24, 2.45) is 0 Å². The molecule has 1 aromatic heterocycles. The van der Waals surface area contributed by atoms with Gasteiger partial charge in [-0.15, -0.1) is 0 Å². The first kappa shape index (κ1) is 9.52. The van der Waals surface area contributed by atoms with E-state index in [9.17, 15) is 4.79 Å². The number of carbonyl (C=O) groups is 1. The molecule has 0 fully saturated rings. The molecule has 3 nitrogen and oxygen atoms in total. The zero-order valence-corrected chi connectivity index (χ0v) is 8.50. The van der Waals surface area contributed by atoms with Gasteiger partial charge in [0.05, 0.1) is 5.56 Å². The summed E-state index contributed by atoms with van der Waals surface area (Å²) < 4.78 is 0. The molecule has 76 valence electrons. The van der Waals surface area contributed by atoms with Crippen molar-refractivity contribution in [3.8, 4) is 0 Å². The lowest BCUT2D eigenvalue weighted by Gasteiger charge is -1.98. The molecule has 0 spiro atoms. The Kier molecular flexibility index (Phi) is 2.08. The van der Waals surface area contributed by atoms with Gasteiger partial charge in [-0.1, -0.05) is 24.8 Å². The molecule has 2 rings (SSSR count). The number of aromatic amines is 1. The average Bonchev–Trinajstić information content (AvgIpc) is 2.52. The van der Waals surface area contributed by atoms with Crippen LogP contribution in [0.3, 0.4) is 0 Å². The SMILES string of the molecule is C=C(C)C(=O)c1c(N)[nH]c2ccccc12. The average molecular weight is 200 g/mol. The number of rotatable bonds is 2. The van der Waals surface area contributed by atoms with Crippen LogP contribution in [0.1, 0.15) is 17.3 Å². The quantitative estimate of drug-likeness (QED) is 0.578. The number of hydrogen-bond donors (Lipinski definition) is 2. The lowest BCUT2D eigenvalue weighted by Crippen LogP contribution is -2.02. The summed E-state index contributed by atoms with van der Waals surface area (Å²) >= 11 is 0. The number of hydrogen-bond acceptors (Lipinski definition) is 2. The molecular weight excluding hydrogens is 188 g/mol. The second kappa shape index (κ2) is 3.28. The lowest BCUT2D eigenvalue weighted by molar-refractivity contribution is 0.103. The van der Waals surface area contributed by atoms with Crippen molar-refractivity contribution in [3.05, 3.63) is 42.0 Å². The molecule has 0 bridgehead atoms. The normalized spacial score (nSPS) is 10.5. The maximum absolute atomic E-state index is 11.8. The van der Waals surface area contributed by atoms with Crippen LogP contribution in [0.15, 0.2) is 36.4 Å². The molecule has 2 aromatic rings. The second-order valence-corrected chi connectivity index (χ2v) is 3.57. The van der Waals surface area contributed by atoms with Gasteiger partial charge in [-0.2, -0.15) is 0 Å².